The third-order valence-corrected chi connectivity index (χ3v) is 11.4. The molecular formula is C30H41N3O3S. The minimum atomic E-state index is -3.45. The van der Waals surface area contributed by atoms with Gasteiger partial charge in [-0.1, -0.05) is 32.6 Å². The molecule has 0 amide bonds. The molecule has 1 aromatic carbocycles. The lowest BCUT2D eigenvalue weighted by Gasteiger charge is -2.55. The number of benzene rings is 1. The molecule has 200 valence electrons. The van der Waals surface area contributed by atoms with E-state index in [0.717, 1.165) is 51.4 Å². The Morgan fingerprint density at radius 1 is 1.14 bits per heavy atom. The van der Waals surface area contributed by atoms with Crippen LogP contribution in [0.1, 0.15) is 76.7 Å². The van der Waals surface area contributed by atoms with E-state index in [1.54, 1.807) is 0 Å². The second-order valence-electron chi connectivity index (χ2n) is 12.8. The molecule has 0 radical (unpaired) electrons. The van der Waals surface area contributed by atoms with Crippen LogP contribution in [0.4, 0.5) is 0 Å². The number of rotatable bonds is 6. The lowest BCUT2D eigenvalue weighted by atomic mass is 9.62. The summed E-state index contributed by atoms with van der Waals surface area (Å²) in [6.07, 6.45) is 12.4. The molecule has 1 spiro atoms. The summed E-state index contributed by atoms with van der Waals surface area (Å²) in [4.78, 5) is 4.35. The van der Waals surface area contributed by atoms with Crippen molar-refractivity contribution in [1.29, 1.82) is 0 Å². The van der Waals surface area contributed by atoms with Crippen LogP contribution in [0.2, 0.25) is 0 Å². The van der Waals surface area contributed by atoms with Crippen molar-refractivity contribution in [2.75, 3.05) is 12.3 Å². The molecule has 2 aromatic rings. The Bertz CT molecular complexity index is 1320. The van der Waals surface area contributed by atoms with E-state index < -0.39 is 10.0 Å². The molecule has 4 aliphatic rings. The van der Waals surface area contributed by atoms with Crippen molar-refractivity contribution in [2.45, 2.75) is 88.4 Å². The second-order valence-corrected chi connectivity index (χ2v) is 14.6. The van der Waals surface area contributed by atoms with Gasteiger partial charge in [0.25, 0.3) is 0 Å². The fraction of sp³-hybridized carbons (Fsp3) is 0.633. The van der Waals surface area contributed by atoms with Crippen LogP contribution in [-0.2, 0) is 14.8 Å². The summed E-state index contributed by atoms with van der Waals surface area (Å²) in [7, 11) is -3.45. The van der Waals surface area contributed by atoms with Crippen molar-refractivity contribution in [3.8, 4) is 0 Å². The average molecular weight is 524 g/mol. The molecule has 5 unspecified atom stereocenters. The summed E-state index contributed by atoms with van der Waals surface area (Å²) in [5.74, 6) is 1.39. The number of hydrogen-bond donors (Lipinski definition) is 2. The first kappa shape index (κ1) is 25.5. The molecule has 2 bridgehead atoms. The Hall–Kier alpha value is -1.80. The van der Waals surface area contributed by atoms with Crippen molar-refractivity contribution >= 4 is 20.8 Å². The molecule has 1 aromatic heterocycles. The highest BCUT2D eigenvalue weighted by atomic mass is 32.2. The van der Waals surface area contributed by atoms with Crippen LogP contribution in [0.5, 0.6) is 0 Å². The third-order valence-electron chi connectivity index (χ3n) is 10.6. The number of primary sulfonamides is 1. The predicted molar refractivity (Wildman–Crippen MR) is 148 cm³/mol. The van der Waals surface area contributed by atoms with E-state index in [-0.39, 0.29) is 28.4 Å². The van der Waals surface area contributed by atoms with E-state index in [9.17, 15) is 8.42 Å². The highest BCUT2D eigenvalue weighted by Crippen LogP contribution is 2.67. The van der Waals surface area contributed by atoms with E-state index >= 15 is 0 Å². The number of fused-ring (bicyclic) bond motifs is 2. The van der Waals surface area contributed by atoms with E-state index in [4.69, 9.17) is 9.88 Å². The average Bonchev–Trinajstić information content (AvgIpc) is 3.34. The van der Waals surface area contributed by atoms with Crippen LogP contribution in [-0.4, -0.2) is 42.9 Å². The van der Waals surface area contributed by atoms with E-state index in [2.05, 4.69) is 55.0 Å². The Labute approximate surface area is 221 Å². The second kappa shape index (κ2) is 8.87. The Morgan fingerprint density at radius 2 is 1.97 bits per heavy atom. The number of pyridine rings is 1. The first-order valence-corrected chi connectivity index (χ1v) is 15.7. The molecule has 6 rings (SSSR count). The monoisotopic (exact) mass is 523 g/mol. The van der Waals surface area contributed by atoms with Crippen LogP contribution >= 0.6 is 0 Å². The normalized spacial score (nSPS) is 37.1. The van der Waals surface area contributed by atoms with Gasteiger partial charge in [0.1, 0.15) is 0 Å². The number of ether oxygens (including phenoxy) is 1. The molecule has 4 fully saturated rings. The first-order valence-electron chi connectivity index (χ1n) is 14.0. The first-order chi connectivity index (χ1) is 17.5. The molecule has 2 aliphatic heterocycles. The minimum Gasteiger partial charge on any atom is -0.364 e. The number of nitrogens with one attached hydrogen (secondary N) is 1. The lowest BCUT2D eigenvalue weighted by molar-refractivity contribution is -0.189. The summed E-state index contributed by atoms with van der Waals surface area (Å²) in [6, 6.07) is 9.25. The van der Waals surface area contributed by atoms with Crippen molar-refractivity contribution in [1.82, 2.24) is 10.3 Å². The standard InChI is InChI=1S/C30H41N3O3S/c1-20-16-24-6-7-25(33-14-15-37(31,34)35)18-29(24)11-12-30(20,36-29)27-9-8-26(28(27,2)3)22-5-4-21-10-13-32-19-23(21)17-22/h4-5,10,13,17,19,24-27,33H,1,6-9,11-12,14-16,18H2,2-3H3,(H2,31,34,35)/t24?,25?,26?,27?,29?,30-/m1/s1. The fourth-order valence-electron chi connectivity index (χ4n) is 8.79. The van der Waals surface area contributed by atoms with Gasteiger partial charge in [-0.2, -0.15) is 0 Å². The van der Waals surface area contributed by atoms with Crippen LogP contribution in [0.25, 0.3) is 10.8 Å². The maximum Gasteiger partial charge on any atom is 0.210 e. The zero-order valence-electron chi connectivity index (χ0n) is 22.2. The molecule has 3 N–H and O–H groups in total. The molecule has 3 heterocycles. The van der Waals surface area contributed by atoms with Crippen molar-refractivity contribution < 1.29 is 13.2 Å². The maximum atomic E-state index is 11.4. The van der Waals surface area contributed by atoms with E-state index in [1.807, 2.05) is 12.4 Å². The number of sulfonamides is 1. The van der Waals surface area contributed by atoms with Gasteiger partial charge in [0.2, 0.25) is 10.0 Å². The molecule has 37 heavy (non-hydrogen) atoms. The summed E-state index contributed by atoms with van der Waals surface area (Å²) < 4.78 is 30.2. The predicted octanol–water partition coefficient (Wildman–Crippen LogP) is 5.05. The summed E-state index contributed by atoms with van der Waals surface area (Å²) in [6.45, 7) is 9.97. The van der Waals surface area contributed by atoms with Crippen LogP contribution < -0.4 is 10.5 Å². The summed E-state index contributed by atoms with van der Waals surface area (Å²) >= 11 is 0. The van der Waals surface area contributed by atoms with Gasteiger partial charge in [0.15, 0.2) is 0 Å². The smallest absolute Gasteiger partial charge is 0.210 e. The Kier molecular flexibility index (Phi) is 6.11. The fourth-order valence-corrected chi connectivity index (χ4v) is 9.20. The van der Waals surface area contributed by atoms with Crippen molar-refractivity contribution in [2.24, 2.45) is 22.4 Å². The van der Waals surface area contributed by atoms with Gasteiger partial charge < -0.3 is 10.1 Å². The van der Waals surface area contributed by atoms with Gasteiger partial charge in [-0.3, -0.25) is 4.98 Å². The zero-order chi connectivity index (χ0) is 26.1. The minimum absolute atomic E-state index is 0.0238. The van der Waals surface area contributed by atoms with Gasteiger partial charge >= 0.3 is 0 Å². The zero-order valence-corrected chi connectivity index (χ0v) is 23.0. The van der Waals surface area contributed by atoms with Gasteiger partial charge in [0, 0.05) is 30.4 Å². The van der Waals surface area contributed by atoms with E-state index in [0.29, 0.717) is 24.3 Å². The van der Waals surface area contributed by atoms with E-state index in [1.165, 1.54) is 21.9 Å². The number of aromatic nitrogens is 1. The van der Waals surface area contributed by atoms with Crippen LogP contribution in [0, 0.1) is 17.3 Å². The molecular weight excluding hydrogens is 482 g/mol. The highest BCUT2D eigenvalue weighted by molar-refractivity contribution is 7.89. The van der Waals surface area contributed by atoms with Crippen molar-refractivity contribution in [3.63, 3.8) is 0 Å². The Morgan fingerprint density at radius 3 is 2.78 bits per heavy atom. The number of nitrogens with two attached hydrogens (primary N) is 1. The van der Waals surface area contributed by atoms with Gasteiger partial charge in [-0.15, -0.1) is 0 Å². The lowest BCUT2D eigenvalue weighted by Crippen LogP contribution is -2.57. The maximum absolute atomic E-state index is 11.4. The topological polar surface area (TPSA) is 94.3 Å². The third kappa shape index (κ3) is 4.26. The van der Waals surface area contributed by atoms with Crippen molar-refractivity contribution in [3.05, 3.63) is 54.4 Å². The quantitative estimate of drug-likeness (QED) is 0.517. The van der Waals surface area contributed by atoms with Gasteiger partial charge in [0.05, 0.1) is 17.0 Å². The molecule has 2 saturated carbocycles. The molecule has 6 atom stereocenters. The highest BCUT2D eigenvalue weighted by Gasteiger charge is 2.65. The SMILES string of the molecule is C=C1CC2CCC(NCCS(N)(=O)=O)CC23CC[C@@]1(C1CCC(c2ccc4ccncc4c2)C1(C)C)O3. The molecule has 2 saturated heterocycles. The summed E-state index contributed by atoms with van der Waals surface area (Å²) in [5.41, 5.74) is 2.43. The van der Waals surface area contributed by atoms with Crippen LogP contribution in [0.3, 0.4) is 0 Å². The van der Waals surface area contributed by atoms with Gasteiger partial charge in [-0.25, -0.2) is 13.6 Å². The van der Waals surface area contributed by atoms with Crippen LogP contribution in [0.15, 0.2) is 48.8 Å². The number of nitrogens with zero attached hydrogens (tertiary/aromatic N) is 1. The Balaban J connectivity index is 1.23. The number of hydrogen-bond acceptors (Lipinski definition) is 5. The molecule has 6 nitrogen and oxygen atoms in total. The molecule has 2 aliphatic carbocycles. The summed E-state index contributed by atoms with van der Waals surface area (Å²) in [5, 5.41) is 11.1. The molecule has 7 heteroatoms. The largest absolute Gasteiger partial charge is 0.364 e. The van der Waals surface area contributed by atoms with Gasteiger partial charge in [-0.05, 0) is 103 Å².